The minimum absolute atomic E-state index is 0.128. The first-order valence-electron chi connectivity index (χ1n) is 9.98. The van der Waals surface area contributed by atoms with Gasteiger partial charge in [0.05, 0.1) is 5.56 Å². The van der Waals surface area contributed by atoms with E-state index in [1.165, 1.54) is 18.5 Å². The van der Waals surface area contributed by atoms with Crippen molar-refractivity contribution in [2.24, 2.45) is 5.92 Å². The smallest absolute Gasteiger partial charge is 0.257 e. The summed E-state index contributed by atoms with van der Waals surface area (Å²) in [4.78, 5) is 21.6. The first kappa shape index (κ1) is 19.2. The van der Waals surface area contributed by atoms with Crippen molar-refractivity contribution in [2.45, 2.75) is 33.6 Å². The Morgan fingerprint density at radius 3 is 2.52 bits per heavy atom. The maximum Gasteiger partial charge on any atom is 0.257 e. The number of pyridine rings is 1. The van der Waals surface area contributed by atoms with Crippen LogP contribution in [0, 0.1) is 5.92 Å². The van der Waals surface area contributed by atoms with Crippen molar-refractivity contribution in [2.75, 3.05) is 41.3 Å². The van der Waals surface area contributed by atoms with E-state index in [-0.39, 0.29) is 5.91 Å². The Kier molecular flexibility index (Phi) is 6.32. The third-order valence-corrected chi connectivity index (χ3v) is 5.24. The minimum Gasteiger partial charge on any atom is -0.372 e. The van der Waals surface area contributed by atoms with Gasteiger partial charge in [-0.25, -0.2) is 4.98 Å². The van der Waals surface area contributed by atoms with Gasteiger partial charge in [-0.1, -0.05) is 6.92 Å². The van der Waals surface area contributed by atoms with Crippen molar-refractivity contribution in [1.29, 1.82) is 0 Å². The zero-order valence-electron chi connectivity index (χ0n) is 16.6. The van der Waals surface area contributed by atoms with Crippen LogP contribution in [0.2, 0.25) is 0 Å². The van der Waals surface area contributed by atoms with E-state index in [1.54, 1.807) is 6.20 Å². The second kappa shape index (κ2) is 8.89. The summed E-state index contributed by atoms with van der Waals surface area (Å²) in [5.74, 6) is 1.53. The molecule has 2 aromatic rings. The van der Waals surface area contributed by atoms with Crippen molar-refractivity contribution >= 4 is 23.1 Å². The Morgan fingerprint density at radius 2 is 1.93 bits per heavy atom. The molecule has 5 heteroatoms. The van der Waals surface area contributed by atoms with E-state index in [0.717, 1.165) is 37.7 Å². The van der Waals surface area contributed by atoms with Crippen molar-refractivity contribution < 1.29 is 4.79 Å². The molecule has 1 aromatic heterocycles. The molecule has 27 heavy (non-hydrogen) atoms. The summed E-state index contributed by atoms with van der Waals surface area (Å²) in [7, 11) is 0. The van der Waals surface area contributed by atoms with Crippen molar-refractivity contribution in [1.82, 2.24) is 4.98 Å². The zero-order valence-corrected chi connectivity index (χ0v) is 16.6. The Hall–Kier alpha value is -2.56. The number of benzene rings is 1. The lowest BCUT2D eigenvalue weighted by Crippen LogP contribution is -2.34. The topological polar surface area (TPSA) is 48.5 Å². The minimum atomic E-state index is -0.128. The Labute approximate surface area is 162 Å². The predicted octanol–water partition coefficient (Wildman–Crippen LogP) is 4.42. The van der Waals surface area contributed by atoms with Gasteiger partial charge in [0.15, 0.2) is 0 Å². The molecule has 1 aliphatic heterocycles. The van der Waals surface area contributed by atoms with Crippen LogP contribution in [0.5, 0.6) is 0 Å². The van der Waals surface area contributed by atoms with E-state index < -0.39 is 0 Å². The molecular formula is C22H30N4O. The molecular weight excluding hydrogens is 336 g/mol. The van der Waals surface area contributed by atoms with Crippen LogP contribution in [0.4, 0.5) is 17.2 Å². The molecule has 1 unspecified atom stereocenters. The molecule has 1 aromatic carbocycles. The third kappa shape index (κ3) is 4.79. The third-order valence-electron chi connectivity index (χ3n) is 5.24. The second-order valence-electron chi connectivity index (χ2n) is 7.27. The highest BCUT2D eigenvalue weighted by molar-refractivity contribution is 6.04. The van der Waals surface area contributed by atoms with Crippen LogP contribution < -0.4 is 15.1 Å². The molecule has 1 atom stereocenters. The number of amides is 1. The summed E-state index contributed by atoms with van der Waals surface area (Å²) < 4.78 is 0. The molecule has 1 saturated heterocycles. The van der Waals surface area contributed by atoms with E-state index in [1.807, 2.05) is 36.4 Å². The number of rotatable bonds is 6. The van der Waals surface area contributed by atoms with Gasteiger partial charge in [-0.3, -0.25) is 4.79 Å². The predicted molar refractivity (Wildman–Crippen MR) is 113 cm³/mol. The van der Waals surface area contributed by atoms with Gasteiger partial charge >= 0.3 is 0 Å². The number of piperidine rings is 1. The second-order valence-corrected chi connectivity index (χ2v) is 7.27. The number of carbonyl (C=O) groups excluding carboxylic acids is 1. The van der Waals surface area contributed by atoms with Gasteiger partial charge in [-0.15, -0.1) is 0 Å². The van der Waals surface area contributed by atoms with E-state index >= 15 is 0 Å². The average molecular weight is 367 g/mol. The summed E-state index contributed by atoms with van der Waals surface area (Å²) in [5.41, 5.74) is 2.54. The maximum absolute atomic E-state index is 12.5. The van der Waals surface area contributed by atoms with E-state index in [4.69, 9.17) is 0 Å². The summed E-state index contributed by atoms with van der Waals surface area (Å²) in [6, 6.07) is 11.8. The molecule has 3 rings (SSSR count). The number of nitrogens with zero attached hydrogens (tertiary/aromatic N) is 3. The molecule has 144 valence electrons. The Bertz CT molecular complexity index is 738. The highest BCUT2D eigenvalue weighted by Gasteiger charge is 2.18. The molecule has 1 aliphatic rings. The van der Waals surface area contributed by atoms with Gasteiger partial charge in [-0.2, -0.15) is 0 Å². The SMILES string of the molecule is CCN(CC)c1ccc(NC(=O)c2ccc(N3CCCC(C)C3)nc2)cc1. The lowest BCUT2D eigenvalue weighted by Gasteiger charge is -2.31. The normalized spacial score (nSPS) is 16.9. The van der Waals surface area contributed by atoms with Crippen LogP contribution in [0.3, 0.4) is 0 Å². The molecule has 0 spiro atoms. The molecule has 0 bridgehead atoms. The summed E-state index contributed by atoms with van der Waals surface area (Å²) in [5, 5.41) is 2.96. The molecule has 1 N–H and O–H groups in total. The molecule has 0 radical (unpaired) electrons. The van der Waals surface area contributed by atoms with Gasteiger partial charge in [-0.05, 0) is 69.0 Å². The molecule has 2 heterocycles. The van der Waals surface area contributed by atoms with Crippen LogP contribution in [-0.4, -0.2) is 37.1 Å². The summed E-state index contributed by atoms with van der Waals surface area (Å²) in [6.07, 6.45) is 4.16. The molecule has 5 nitrogen and oxygen atoms in total. The van der Waals surface area contributed by atoms with E-state index in [0.29, 0.717) is 11.5 Å². The van der Waals surface area contributed by atoms with Crippen LogP contribution >= 0.6 is 0 Å². The molecule has 0 aliphatic carbocycles. The first-order valence-corrected chi connectivity index (χ1v) is 9.98. The number of hydrogen-bond donors (Lipinski definition) is 1. The Morgan fingerprint density at radius 1 is 1.19 bits per heavy atom. The highest BCUT2D eigenvalue weighted by atomic mass is 16.1. The number of anilines is 3. The van der Waals surface area contributed by atoms with E-state index in [9.17, 15) is 4.79 Å². The Balaban J connectivity index is 1.62. The average Bonchev–Trinajstić information content (AvgIpc) is 2.70. The fourth-order valence-electron chi connectivity index (χ4n) is 3.65. The fraction of sp³-hybridized carbons (Fsp3) is 0.455. The summed E-state index contributed by atoms with van der Waals surface area (Å²) >= 11 is 0. The maximum atomic E-state index is 12.5. The van der Waals surface area contributed by atoms with Gasteiger partial charge in [0, 0.05) is 43.8 Å². The zero-order chi connectivity index (χ0) is 19.2. The summed E-state index contributed by atoms with van der Waals surface area (Å²) in [6.45, 7) is 10.6. The first-order chi connectivity index (χ1) is 13.1. The number of hydrogen-bond acceptors (Lipinski definition) is 4. The monoisotopic (exact) mass is 366 g/mol. The van der Waals surface area contributed by atoms with Gasteiger partial charge < -0.3 is 15.1 Å². The van der Waals surface area contributed by atoms with Gasteiger partial charge in [0.1, 0.15) is 5.82 Å². The van der Waals surface area contributed by atoms with Crippen LogP contribution in [0.1, 0.15) is 44.0 Å². The standard InChI is InChI=1S/C22H30N4O/c1-4-25(5-2)20-11-9-19(10-12-20)24-22(27)18-8-13-21(23-15-18)26-14-6-7-17(3)16-26/h8-13,15,17H,4-7,14,16H2,1-3H3,(H,24,27). The van der Waals surface area contributed by atoms with Crippen LogP contribution in [-0.2, 0) is 0 Å². The van der Waals surface area contributed by atoms with Crippen molar-refractivity contribution in [3.05, 3.63) is 48.2 Å². The van der Waals surface area contributed by atoms with Gasteiger partial charge in [0.25, 0.3) is 5.91 Å². The van der Waals surface area contributed by atoms with Crippen molar-refractivity contribution in [3.63, 3.8) is 0 Å². The van der Waals surface area contributed by atoms with Crippen molar-refractivity contribution in [3.8, 4) is 0 Å². The van der Waals surface area contributed by atoms with E-state index in [2.05, 4.69) is 40.9 Å². The van der Waals surface area contributed by atoms with Crippen LogP contribution in [0.25, 0.3) is 0 Å². The number of nitrogens with one attached hydrogen (secondary N) is 1. The largest absolute Gasteiger partial charge is 0.372 e. The molecule has 1 amide bonds. The highest BCUT2D eigenvalue weighted by Crippen LogP contribution is 2.22. The lowest BCUT2D eigenvalue weighted by atomic mass is 10.0. The number of aromatic nitrogens is 1. The quantitative estimate of drug-likeness (QED) is 0.822. The fourth-order valence-corrected chi connectivity index (χ4v) is 3.65. The molecule has 0 saturated carbocycles. The van der Waals surface area contributed by atoms with Crippen LogP contribution in [0.15, 0.2) is 42.6 Å². The lowest BCUT2D eigenvalue weighted by molar-refractivity contribution is 0.102. The van der Waals surface area contributed by atoms with Gasteiger partial charge in [0.2, 0.25) is 0 Å². The molecule has 1 fully saturated rings. The number of carbonyl (C=O) groups is 1.